The summed E-state index contributed by atoms with van der Waals surface area (Å²) in [7, 11) is 0. The number of thiophene rings is 1. The first-order chi connectivity index (χ1) is 11.3. The Hall–Kier alpha value is -1.81. The Bertz CT molecular complexity index is 712. The molecule has 0 N–H and O–H groups in total. The van der Waals surface area contributed by atoms with Gasteiger partial charge in [-0.05, 0) is 53.5 Å². The fourth-order valence-electron chi connectivity index (χ4n) is 2.98. The maximum Gasteiger partial charge on any atom is 0.263 e. The first-order valence-electron chi connectivity index (χ1n) is 8.46. The van der Waals surface area contributed by atoms with E-state index in [2.05, 4.69) is 44.4 Å². The Labute approximate surface area is 148 Å². The number of rotatable bonds is 3. The summed E-state index contributed by atoms with van der Waals surface area (Å²) in [5, 5.41) is 2.11. The number of carbonyl (C=O) groups excluding carboxylic acids is 1. The van der Waals surface area contributed by atoms with E-state index in [0.717, 1.165) is 18.7 Å². The number of hydrogen-bond donors (Lipinski definition) is 0. The van der Waals surface area contributed by atoms with E-state index in [1.54, 1.807) is 11.3 Å². The third-order valence-electron chi connectivity index (χ3n) is 4.50. The molecule has 1 aromatic heterocycles. The van der Waals surface area contributed by atoms with Crippen LogP contribution in [0.3, 0.4) is 0 Å². The SMILES string of the molecule is CC(Oc1ccc(C(C)(C)C)cc1)C(=O)N1CCc2sccc2C1. The summed E-state index contributed by atoms with van der Waals surface area (Å²) in [6, 6.07) is 10.2. The highest BCUT2D eigenvalue weighted by Crippen LogP contribution is 2.26. The number of fused-ring (bicyclic) bond motifs is 1. The minimum absolute atomic E-state index is 0.0618. The molecule has 0 bridgehead atoms. The Balaban J connectivity index is 1.62. The lowest BCUT2D eigenvalue weighted by atomic mass is 9.87. The van der Waals surface area contributed by atoms with Crippen LogP contribution in [0.1, 0.15) is 43.7 Å². The second-order valence-electron chi connectivity index (χ2n) is 7.41. The van der Waals surface area contributed by atoms with Crippen LogP contribution in [0.2, 0.25) is 0 Å². The summed E-state index contributed by atoms with van der Waals surface area (Å²) in [5.74, 6) is 0.809. The molecule has 0 spiro atoms. The topological polar surface area (TPSA) is 29.5 Å². The molecule has 2 aromatic rings. The van der Waals surface area contributed by atoms with E-state index >= 15 is 0 Å². The molecule has 3 rings (SSSR count). The van der Waals surface area contributed by atoms with Gasteiger partial charge in [0.25, 0.3) is 5.91 Å². The summed E-state index contributed by atoms with van der Waals surface area (Å²) in [4.78, 5) is 16.0. The van der Waals surface area contributed by atoms with Gasteiger partial charge in [-0.15, -0.1) is 11.3 Å². The first-order valence-corrected chi connectivity index (χ1v) is 9.34. The van der Waals surface area contributed by atoms with E-state index < -0.39 is 6.10 Å². The Kier molecular flexibility index (Phi) is 4.68. The van der Waals surface area contributed by atoms with Crippen LogP contribution in [0.25, 0.3) is 0 Å². The summed E-state index contributed by atoms with van der Waals surface area (Å²) < 4.78 is 5.88. The van der Waals surface area contributed by atoms with Gasteiger partial charge in [-0.3, -0.25) is 4.79 Å². The van der Waals surface area contributed by atoms with E-state index in [1.165, 1.54) is 16.0 Å². The average molecular weight is 343 g/mol. The molecule has 3 nitrogen and oxygen atoms in total. The number of nitrogens with zero attached hydrogens (tertiary/aromatic N) is 1. The maximum absolute atomic E-state index is 12.7. The molecule has 1 atom stereocenters. The zero-order valence-electron chi connectivity index (χ0n) is 14.8. The predicted octanol–water partition coefficient (Wildman–Crippen LogP) is 4.40. The molecule has 128 valence electrons. The van der Waals surface area contributed by atoms with Crippen LogP contribution in [-0.2, 0) is 23.2 Å². The van der Waals surface area contributed by atoms with Crippen molar-refractivity contribution in [2.45, 2.75) is 52.2 Å². The highest BCUT2D eigenvalue weighted by Gasteiger charge is 2.26. The molecule has 0 radical (unpaired) electrons. The number of hydrogen-bond acceptors (Lipinski definition) is 3. The molecule has 0 aliphatic carbocycles. The standard InChI is InChI=1S/C20H25NO2S/c1-14(23-17-7-5-16(6-8-17)20(2,3)4)19(22)21-11-9-18-15(13-21)10-12-24-18/h5-8,10,12,14H,9,11,13H2,1-4H3. The summed E-state index contributed by atoms with van der Waals surface area (Å²) >= 11 is 1.78. The fourth-order valence-corrected chi connectivity index (χ4v) is 3.87. The summed E-state index contributed by atoms with van der Waals surface area (Å²) in [6.45, 7) is 9.87. The third-order valence-corrected chi connectivity index (χ3v) is 5.52. The zero-order valence-corrected chi connectivity index (χ0v) is 15.7. The minimum atomic E-state index is -0.467. The van der Waals surface area contributed by atoms with Gasteiger partial charge in [0.2, 0.25) is 0 Å². The smallest absolute Gasteiger partial charge is 0.263 e. The molecule has 0 saturated heterocycles. The lowest BCUT2D eigenvalue weighted by Crippen LogP contribution is -2.42. The van der Waals surface area contributed by atoms with Crippen molar-refractivity contribution >= 4 is 17.2 Å². The fraction of sp³-hybridized carbons (Fsp3) is 0.450. The van der Waals surface area contributed by atoms with E-state index in [4.69, 9.17) is 4.74 Å². The van der Waals surface area contributed by atoms with Crippen molar-refractivity contribution in [2.75, 3.05) is 6.54 Å². The zero-order chi connectivity index (χ0) is 17.3. The Morgan fingerprint density at radius 3 is 2.58 bits per heavy atom. The van der Waals surface area contributed by atoms with Gasteiger partial charge in [0.05, 0.1) is 0 Å². The summed E-state index contributed by atoms with van der Waals surface area (Å²) in [5.41, 5.74) is 2.66. The summed E-state index contributed by atoms with van der Waals surface area (Å²) in [6.07, 6.45) is 0.483. The van der Waals surface area contributed by atoms with Gasteiger partial charge < -0.3 is 9.64 Å². The van der Waals surface area contributed by atoms with Crippen LogP contribution < -0.4 is 4.74 Å². The number of amides is 1. The molecule has 0 saturated carbocycles. The normalized spacial score (nSPS) is 15.8. The van der Waals surface area contributed by atoms with Crippen molar-refractivity contribution in [1.82, 2.24) is 4.90 Å². The largest absolute Gasteiger partial charge is 0.481 e. The van der Waals surface area contributed by atoms with Crippen LogP contribution in [0.5, 0.6) is 5.75 Å². The van der Waals surface area contributed by atoms with Gasteiger partial charge in [0.15, 0.2) is 6.10 Å². The maximum atomic E-state index is 12.7. The van der Waals surface area contributed by atoms with Crippen molar-refractivity contribution < 1.29 is 9.53 Å². The number of carbonyl (C=O) groups is 1. The van der Waals surface area contributed by atoms with E-state index in [0.29, 0.717) is 6.54 Å². The highest BCUT2D eigenvalue weighted by molar-refractivity contribution is 7.10. The van der Waals surface area contributed by atoms with E-state index in [-0.39, 0.29) is 11.3 Å². The van der Waals surface area contributed by atoms with Crippen molar-refractivity contribution in [3.8, 4) is 5.75 Å². The first kappa shape index (κ1) is 17.0. The molecule has 0 fully saturated rings. The van der Waals surface area contributed by atoms with Gasteiger partial charge in [0, 0.05) is 18.0 Å². The third kappa shape index (κ3) is 3.64. The quantitative estimate of drug-likeness (QED) is 0.827. The molecule has 2 heterocycles. The van der Waals surface area contributed by atoms with E-state index in [9.17, 15) is 4.79 Å². The van der Waals surface area contributed by atoms with Crippen LogP contribution >= 0.6 is 11.3 Å². The molecule has 1 amide bonds. The number of benzene rings is 1. The lowest BCUT2D eigenvalue weighted by molar-refractivity contribution is -0.138. The molecular weight excluding hydrogens is 318 g/mol. The van der Waals surface area contributed by atoms with Gasteiger partial charge in [-0.25, -0.2) is 0 Å². The molecule has 1 aliphatic heterocycles. The van der Waals surface area contributed by atoms with Crippen molar-refractivity contribution in [2.24, 2.45) is 0 Å². The Morgan fingerprint density at radius 2 is 1.92 bits per heavy atom. The van der Waals surface area contributed by atoms with Crippen LogP contribution in [-0.4, -0.2) is 23.5 Å². The Morgan fingerprint density at radius 1 is 1.21 bits per heavy atom. The monoisotopic (exact) mass is 343 g/mol. The van der Waals surface area contributed by atoms with Gasteiger partial charge in [0.1, 0.15) is 5.75 Å². The second kappa shape index (κ2) is 6.60. The average Bonchev–Trinajstić information content (AvgIpc) is 3.01. The van der Waals surface area contributed by atoms with Crippen molar-refractivity contribution in [1.29, 1.82) is 0 Å². The van der Waals surface area contributed by atoms with Crippen LogP contribution in [0.15, 0.2) is 35.7 Å². The van der Waals surface area contributed by atoms with Crippen LogP contribution in [0, 0.1) is 0 Å². The van der Waals surface area contributed by atoms with E-state index in [1.807, 2.05) is 24.0 Å². The van der Waals surface area contributed by atoms with Gasteiger partial charge >= 0.3 is 0 Å². The number of ether oxygens (including phenoxy) is 1. The molecule has 1 aromatic carbocycles. The molecule has 24 heavy (non-hydrogen) atoms. The molecule has 4 heteroatoms. The van der Waals surface area contributed by atoms with Crippen molar-refractivity contribution in [3.63, 3.8) is 0 Å². The molecule has 1 unspecified atom stereocenters. The van der Waals surface area contributed by atoms with Gasteiger partial charge in [-0.2, -0.15) is 0 Å². The lowest BCUT2D eigenvalue weighted by Gasteiger charge is -2.29. The van der Waals surface area contributed by atoms with Crippen LogP contribution in [0.4, 0.5) is 0 Å². The molecular formula is C20H25NO2S. The highest BCUT2D eigenvalue weighted by atomic mass is 32.1. The predicted molar refractivity (Wildman–Crippen MR) is 98.7 cm³/mol. The second-order valence-corrected chi connectivity index (χ2v) is 8.41. The van der Waals surface area contributed by atoms with Gasteiger partial charge in [-0.1, -0.05) is 32.9 Å². The van der Waals surface area contributed by atoms with Crippen molar-refractivity contribution in [3.05, 3.63) is 51.7 Å². The minimum Gasteiger partial charge on any atom is -0.481 e. The molecule has 1 aliphatic rings.